The van der Waals surface area contributed by atoms with Gasteiger partial charge in [0.15, 0.2) is 0 Å². The molecule has 0 aliphatic heterocycles. The zero-order valence-corrected chi connectivity index (χ0v) is 11.2. The summed E-state index contributed by atoms with van der Waals surface area (Å²) < 4.78 is 15.5. The van der Waals surface area contributed by atoms with E-state index in [1.807, 2.05) is 0 Å². The van der Waals surface area contributed by atoms with E-state index in [9.17, 15) is 19.3 Å². The van der Waals surface area contributed by atoms with E-state index in [4.69, 9.17) is 0 Å². The van der Waals surface area contributed by atoms with Gasteiger partial charge < -0.3 is 9.55 Å². The highest BCUT2D eigenvalue weighted by atomic mass is 19.1. The van der Waals surface area contributed by atoms with Gasteiger partial charge in [-0.25, -0.2) is 4.39 Å². The molecule has 7 heteroatoms. The Balaban J connectivity index is 2.27. The van der Waals surface area contributed by atoms with Gasteiger partial charge in [-0.2, -0.15) is 0 Å². The van der Waals surface area contributed by atoms with Gasteiger partial charge in [-0.05, 0) is 12.1 Å². The topological polar surface area (TPSA) is 80.9 Å². The number of nitro groups is 1. The summed E-state index contributed by atoms with van der Waals surface area (Å²) in [7, 11) is 1.56. The van der Waals surface area contributed by atoms with Crippen molar-refractivity contribution in [3.8, 4) is 0 Å². The summed E-state index contributed by atoms with van der Waals surface area (Å²) in [5.41, 5.74) is 0.727. The maximum atomic E-state index is 14.2. The fourth-order valence-electron chi connectivity index (χ4n) is 2.53. The molecule has 1 unspecified atom stereocenters. The Kier molecular flexibility index (Phi) is 2.97. The average molecular weight is 289 g/mol. The summed E-state index contributed by atoms with van der Waals surface area (Å²) in [6.45, 7) is 0. The van der Waals surface area contributed by atoms with Crippen molar-refractivity contribution in [1.29, 1.82) is 0 Å². The van der Waals surface area contributed by atoms with Crippen LogP contribution in [-0.2, 0) is 7.05 Å². The van der Waals surface area contributed by atoms with Gasteiger partial charge in [0.1, 0.15) is 11.7 Å². The maximum Gasteiger partial charge on any atom is 0.274 e. The number of fused-ring (bicyclic) bond motifs is 1. The summed E-state index contributed by atoms with van der Waals surface area (Å²) in [6.07, 6.45) is 4.24. The summed E-state index contributed by atoms with van der Waals surface area (Å²) in [4.78, 5) is 25.1. The number of hydrogen-bond acceptors (Lipinski definition) is 3. The van der Waals surface area contributed by atoms with Crippen LogP contribution in [-0.4, -0.2) is 20.6 Å². The predicted octanol–water partition coefficient (Wildman–Crippen LogP) is 2.15. The fourth-order valence-corrected chi connectivity index (χ4v) is 2.53. The highest BCUT2D eigenvalue weighted by Gasteiger charge is 2.25. The van der Waals surface area contributed by atoms with Crippen LogP contribution in [0.15, 0.2) is 41.1 Å². The van der Waals surface area contributed by atoms with Gasteiger partial charge in [0.2, 0.25) is 0 Å². The van der Waals surface area contributed by atoms with Crippen LogP contribution in [0.4, 0.5) is 4.39 Å². The van der Waals surface area contributed by atoms with Gasteiger partial charge in [-0.15, -0.1) is 0 Å². The normalized spacial score (nSPS) is 18.5. The second kappa shape index (κ2) is 4.69. The number of nitrogens with zero attached hydrogens (tertiary/aromatic N) is 2. The Bertz CT molecular complexity index is 860. The van der Waals surface area contributed by atoms with Crippen molar-refractivity contribution in [2.75, 3.05) is 0 Å². The van der Waals surface area contributed by atoms with Crippen LogP contribution in [0, 0.1) is 10.1 Å². The number of pyridine rings is 1. The number of halogens is 1. The van der Waals surface area contributed by atoms with E-state index < -0.39 is 11.1 Å². The van der Waals surface area contributed by atoms with Crippen LogP contribution in [0.3, 0.4) is 0 Å². The molecule has 0 fully saturated rings. The Morgan fingerprint density at radius 3 is 3.00 bits per heavy atom. The number of nitrogens with one attached hydrogen (secondary N) is 1. The lowest BCUT2D eigenvalue weighted by Gasteiger charge is -2.16. The van der Waals surface area contributed by atoms with E-state index in [0.29, 0.717) is 16.5 Å². The Morgan fingerprint density at radius 2 is 2.29 bits per heavy atom. The summed E-state index contributed by atoms with van der Waals surface area (Å²) in [5, 5.41) is 11.4. The highest BCUT2D eigenvalue weighted by molar-refractivity contribution is 5.93. The molecule has 0 amide bonds. The van der Waals surface area contributed by atoms with Crippen LogP contribution in [0.2, 0.25) is 0 Å². The van der Waals surface area contributed by atoms with Gasteiger partial charge in [-0.3, -0.25) is 14.9 Å². The number of H-pyrrole nitrogens is 1. The molecule has 2 heterocycles. The predicted molar refractivity (Wildman–Crippen MR) is 76.1 cm³/mol. The smallest absolute Gasteiger partial charge is 0.274 e. The van der Waals surface area contributed by atoms with E-state index >= 15 is 0 Å². The molecule has 0 aromatic carbocycles. The molecule has 0 radical (unpaired) electrons. The zero-order chi connectivity index (χ0) is 15.1. The van der Waals surface area contributed by atoms with Crippen LogP contribution >= 0.6 is 0 Å². The molecular weight excluding hydrogens is 277 g/mol. The van der Waals surface area contributed by atoms with Crippen molar-refractivity contribution in [3.63, 3.8) is 0 Å². The number of hydrogen-bond donors (Lipinski definition) is 1. The largest absolute Gasteiger partial charge is 0.357 e. The van der Waals surface area contributed by atoms with E-state index in [0.717, 1.165) is 0 Å². The fraction of sp³-hybridized carbons (Fsp3) is 0.214. The summed E-state index contributed by atoms with van der Waals surface area (Å²) in [5.74, 6) is 0. The molecule has 0 spiro atoms. The Morgan fingerprint density at radius 1 is 1.52 bits per heavy atom. The van der Waals surface area contributed by atoms with Crippen molar-refractivity contribution in [2.24, 2.45) is 7.05 Å². The summed E-state index contributed by atoms with van der Waals surface area (Å²) in [6, 6.07) is 1.67. The third kappa shape index (κ3) is 2.06. The Hall–Kier alpha value is -2.70. The number of allylic oxidation sites excluding steroid dienone is 3. The lowest BCUT2D eigenvalue weighted by Crippen LogP contribution is -2.19. The number of rotatable bonds is 2. The van der Waals surface area contributed by atoms with Crippen LogP contribution in [0.25, 0.3) is 16.5 Å². The first kappa shape index (κ1) is 13.3. The van der Waals surface area contributed by atoms with Gasteiger partial charge in [-0.1, -0.05) is 0 Å². The van der Waals surface area contributed by atoms with Crippen molar-refractivity contribution in [1.82, 2.24) is 9.55 Å². The van der Waals surface area contributed by atoms with Crippen LogP contribution < -0.4 is 5.56 Å². The quantitative estimate of drug-likeness (QED) is 0.679. The van der Waals surface area contributed by atoms with Crippen molar-refractivity contribution < 1.29 is 9.31 Å². The monoisotopic (exact) mass is 289 g/mol. The molecule has 1 aliphatic rings. The molecule has 21 heavy (non-hydrogen) atoms. The van der Waals surface area contributed by atoms with E-state index in [-0.39, 0.29) is 23.3 Å². The van der Waals surface area contributed by atoms with Crippen molar-refractivity contribution >= 4 is 16.5 Å². The molecule has 6 nitrogen and oxygen atoms in total. The molecule has 108 valence electrons. The molecular formula is C14H12FN3O3. The lowest BCUT2D eigenvalue weighted by molar-refractivity contribution is -0.419. The first-order chi connectivity index (χ1) is 9.99. The van der Waals surface area contributed by atoms with Crippen molar-refractivity contribution in [2.45, 2.75) is 12.6 Å². The molecule has 3 rings (SSSR count). The third-order valence-electron chi connectivity index (χ3n) is 3.59. The molecule has 0 bridgehead atoms. The minimum atomic E-state index is -1.33. The second-order valence-electron chi connectivity index (χ2n) is 4.91. The Labute approximate surface area is 118 Å². The van der Waals surface area contributed by atoms with Crippen LogP contribution in [0.1, 0.15) is 12.0 Å². The highest BCUT2D eigenvalue weighted by Crippen LogP contribution is 2.32. The number of aryl methyl sites for hydroxylation is 1. The third-order valence-corrected chi connectivity index (χ3v) is 3.59. The zero-order valence-electron chi connectivity index (χ0n) is 11.2. The average Bonchev–Trinajstić information content (AvgIpc) is 2.93. The SMILES string of the molecule is Cn1cc(C2=CC([N+](=O)[O-])=CCC2F)c2cc[nH]c2c1=O. The molecule has 1 aliphatic carbocycles. The summed E-state index contributed by atoms with van der Waals surface area (Å²) >= 11 is 0. The molecule has 1 atom stereocenters. The van der Waals surface area contributed by atoms with E-state index in [1.54, 1.807) is 19.3 Å². The van der Waals surface area contributed by atoms with Crippen LogP contribution in [0.5, 0.6) is 0 Å². The minimum absolute atomic E-state index is 0.0447. The first-order valence-electron chi connectivity index (χ1n) is 6.36. The first-order valence-corrected chi connectivity index (χ1v) is 6.36. The van der Waals surface area contributed by atoms with Crippen molar-refractivity contribution in [3.05, 3.63) is 62.3 Å². The minimum Gasteiger partial charge on any atom is -0.357 e. The van der Waals surface area contributed by atoms with Gasteiger partial charge in [0, 0.05) is 48.5 Å². The molecule has 2 aromatic heterocycles. The number of aromatic amines is 1. The maximum absolute atomic E-state index is 14.2. The van der Waals surface area contributed by atoms with Gasteiger partial charge in [0.05, 0.1) is 4.92 Å². The van der Waals surface area contributed by atoms with Gasteiger partial charge in [0.25, 0.3) is 11.3 Å². The van der Waals surface area contributed by atoms with Gasteiger partial charge >= 0.3 is 0 Å². The molecule has 0 saturated heterocycles. The number of aromatic nitrogens is 2. The molecule has 0 saturated carbocycles. The lowest BCUT2D eigenvalue weighted by atomic mass is 9.93. The second-order valence-corrected chi connectivity index (χ2v) is 4.91. The standard InChI is InChI=1S/C14H12FN3O3/c1-17-7-11(9-4-5-16-13(9)14(17)19)10-6-8(18(20)21)2-3-12(10)15/h2,4-7,12,16H,3H2,1H3. The molecule has 1 N–H and O–H groups in total. The number of alkyl halides is 1. The van der Waals surface area contributed by atoms with E-state index in [1.165, 1.54) is 22.9 Å². The molecule has 2 aromatic rings. The van der Waals surface area contributed by atoms with E-state index in [2.05, 4.69) is 4.98 Å².